The van der Waals surface area contributed by atoms with E-state index in [1.54, 1.807) is 62.8 Å². The van der Waals surface area contributed by atoms with Crippen molar-refractivity contribution in [2.45, 2.75) is 134 Å². The second-order valence-electron chi connectivity index (χ2n) is 21.7. The third-order valence-corrected chi connectivity index (χ3v) is 21.7. The van der Waals surface area contributed by atoms with Gasteiger partial charge >= 0.3 is 59.4 Å². The van der Waals surface area contributed by atoms with Gasteiger partial charge < -0.3 is 53.1 Å². The molecule has 0 saturated carbocycles. The Kier molecular flexibility index (Phi) is 44.9. The van der Waals surface area contributed by atoms with Crippen molar-refractivity contribution in [1.82, 2.24) is 16.1 Å². The zero-order valence-electron chi connectivity index (χ0n) is 58.6. The van der Waals surface area contributed by atoms with Crippen LogP contribution in [0.1, 0.15) is 73.5 Å². The van der Waals surface area contributed by atoms with Crippen molar-refractivity contribution < 1.29 is 157 Å². The molecule has 10 N–H and O–H groups in total. The topological polar surface area (TPSA) is 368 Å². The number of rotatable bonds is 25. The Bertz CT molecular complexity index is 3830. The van der Waals surface area contributed by atoms with Crippen molar-refractivity contribution in [1.29, 1.82) is 0 Å². The number of amides is 1. The van der Waals surface area contributed by atoms with Crippen molar-refractivity contribution in [2.75, 3.05) is 21.3 Å². The SMILES string of the molecule is CC(=O)OOC(C)=O.COC(=O)[C@@H](N)[C@](C)(O)C(F)F.COC(=O)[C@@H](N=Cc1ccc(-c2cccs2)s1)[C@](C)(O)C(F)F.COC(=O)[C@@H](NCc1ccc(-c2cccs2)s1)[C@](C)(O)C(F)F.C[C@@](O)(C(F)F)[C@H](NCc1ccc(-c2cccs2)s1)C(=O)NO.O=Cc1csc(-c2cccs2)c1.[B-]OC(C)=O.[Na+]. The molecule has 0 unspecified atom stereocenters. The Morgan fingerprint density at radius 3 is 1.23 bits per heavy atom. The van der Waals surface area contributed by atoms with Crippen LogP contribution in [0.5, 0.6) is 0 Å². The fourth-order valence-electron chi connectivity index (χ4n) is 7.36. The van der Waals surface area contributed by atoms with Gasteiger partial charge in [-0.25, -0.2) is 64.8 Å². The monoisotopic (exact) mass is 1670 g/mol. The minimum absolute atomic E-state index is 0. The number of hydrogen-bond acceptors (Lipinski definition) is 31. The molecule has 0 spiro atoms. The summed E-state index contributed by atoms with van der Waals surface area (Å²) >= 11 is 12.4. The average molecular weight is 1670 g/mol. The van der Waals surface area contributed by atoms with Crippen LogP contribution in [0.2, 0.25) is 0 Å². The second-order valence-corrected chi connectivity index (χ2v) is 29.9. The quantitative estimate of drug-likeness (QED) is 0.00298. The Morgan fingerprint density at radius 1 is 0.523 bits per heavy atom. The summed E-state index contributed by atoms with van der Waals surface area (Å²) in [7, 11) is 7.48. The number of nitrogens with zero attached hydrogens (tertiary/aromatic N) is 1. The first-order valence-corrected chi connectivity index (χ1v) is 36.7. The molecule has 0 saturated heterocycles. The van der Waals surface area contributed by atoms with Gasteiger partial charge in [-0.3, -0.25) is 44.8 Å². The molecule has 8 aromatic heterocycles. The Morgan fingerprint density at radius 2 is 0.897 bits per heavy atom. The van der Waals surface area contributed by atoms with Gasteiger partial charge in [0.05, 0.1) is 21.3 Å². The van der Waals surface area contributed by atoms with E-state index in [2.05, 4.69) is 58.4 Å². The first-order valence-electron chi connectivity index (χ1n) is 29.9. The first kappa shape index (κ1) is 98.4. The fraction of sp³-hybridized carbons (Fsp3) is 0.369. The number of aliphatic imine (C=N–C) groups is 1. The number of hydroxylamine groups is 1. The number of nitrogens with two attached hydrogens (primary N) is 1. The average Bonchev–Trinajstić information content (AvgIpc) is 1.34. The van der Waals surface area contributed by atoms with E-state index in [-0.39, 0.29) is 42.6 Å². The van der Waals surface area contributed by atoms with Gasteiger partial charge in [0, 0.05) is 105 Å². The summed E-state index contributed by atoms with van der Waals surface area (Å²) in [6.07, 6.45) is -10.3. The number of esters is 3. The molecular formula is C65H74BF8N5NaO19S8. The van der Waals surface area contributed by atoms with Crippen LogP contribution in [0.25, 0.3) is 39.0 Å². The maximum absolute atomic E-state index is 13.0. The number of ether oxygens (including phenoxy) is 3. The van der Waals surface area contributed by atoms with E-state index in [4.69, 9.17) is 16.0 Å². The van der Waals surface area contributed by atoms with Crippen LogP contribution >= 0.6 is 90.7 Å². The molecule has 0 aromatic carbocycles. The van der Waals surface area contributed by atoms with Gasteiger partial charge in [0.1, 0.15) is 34.9 Å². The van der Waals surface area contributed by atoms with E-state index in [1.165, 1.54) is 62.4 Å². The van der Waals surface area contributed by atoms with Gasteiger partial charge in [0.2, 0.25) is 5.97 Å². The van der Waals surface area contributed by atoms with Crippen molar-refractivity contribution in [3.05, 3.63) is 138 Å². The normalized spacial score (nSPS) is 14.1. The summed E-state index contributed by atoms with van der Waals surface area (Å²) in [5, 5.41) is 62.2. The summed E-state index contributed by atoms with van der Waals surface area (Å²) in [6, 6.07) is 22.3. The summed E-state index contributed by atoms with van der Waals surface area (Å²) in [5.74, 6) is -5.87. The van der Waals surface area contributed by atoms with Crippen LogP contribution in [0, 0.1) is 0 Å². The van der Waals surface area contributed by atoms with Crippen molar-refractivity contribution in [3.8, 4) is 39.0 Å². The number of halogens is 8. The number of nitrogens with one attached hydrogen (secondary N) is 3. The smallest absolute Gasteiger partial charge is 0.793 e. The molecule has 1 amide bonds. The molecule has 8 rings (SSSR count). The number of carbonyl (C=O) groups excluding carboxylic acids is 8. The van der Waals surface area contributed by atoms with Crippen LogP contribution in [-0.4, -0.2) is 182 Å². The van der Waals surface area contributed by atoms with E-state index in [0.717, 1.165) is 114 Å². The Labute approximate surface area is 664 Å². The molecule has 8 atom stereocenters. The number of methoxy groups -OCH3 is 3. The molecule has 0 aliphatic carbocycles. The molecule has 42 heteroatoms. The molecule has 0 aliphatic rings. The minimum Gasteiger partial charge on any atom is -0.793 e. The number of aliphatic hydroxyl groups is 4. The van der Waals surface area contributed by atoms with Crippen molar-refractivity contribution >= 4 is 153 Å². The van der Waals surface area contributed by atoms with Gasteiger partial charge in [0.25, 0.3) is 31.6 Å². The number of hydrogen-bond donors (Lipinski definition) is 9. The maximum Gasteiger partial charge on any atom is 1.00 e. The van der Waals surface area contributed by atoms with Crippen molar-refractivity contribution in [2.24, 2.45) is 10.7 Å². The maximum atomic E-state index is 13.0. The molecule has 0 fully saturated rings. The van der Waals surface area contributed by atoms with Gasteiger partial charge in [-0.15, -0.1) is 90.7 Å². The van der Waals surface area contributed by atoms with Crippen LogP contribution in [0.3, 0.4) is 0 Å². The number of carbonyl (C=O) groups is 8. The molecule has 107 heavy (non-hydrogen) atoms. The molecular weight excluding hydrogens is 1600 g/mol. The Hall–Kier alpha value is -6.59. The summed E-state index contributed by atoms with van der Waals surface area (Å²) in [5.41, 5.74) is -3.20. The molecule has 8 heterocycles. The third-order valence-electron chi connectivity index (χ3n) is 13.3. The van der Waals surface area contributed by atoms with E-state index in [9.17, 15) is 88.8 Å². The van der Waals surface area contributed by atoms with Gasteiger partial charge in [-0.2, -0.15) is 0 Å². The Balaban J connectivity index is 0.000000653. The van der Waals surface area contributed by atoms with E-state index in [0.29, 0.717) is 4.88 Å². The van der Waals surface area contributed by atoms with Crippen LogP contribution in [-0.2, 0) is 75.3 Å². The fourth-order valence-corrected chi connectivity index (χ4v) is 14.4. The third kappa shape index (κ3) is 32.9. The summed E-state index contributed by atoms with van der Waals surface area (Å²) < 4.78 is 118. The van der Waals surface area contributed by atoms with Gasteiger partial charge in [-0.05, 0) is 116 Å². The second kappa shape index (κ2) is 48.8. The molecule has 0 bridgehead atoms. The zero-order valence-corrected chi connectivity index (χ0v) is 67.1. The predicted molar refractivity (Wildman–Crippen MR) is 390 cm³/mol. The van der Waals surface area contributed by atoms with Crippen molar-refractivity contribution in [3.63, 3.8) is 0 Å². The zero-order chi connectivity index (χ0) is 80.3. The molecule has 24 nitrogen and oxygen atoms in total. The van der Waals surface area contributed by atoms with Crippen LogP contribution in [0.4, 0.5) is 35.1 Å². The summed E-state index contributed by atoms with van der Waals surface area (Å²) in [4.78, 5) is 108. The molecule has 8 aromatic rings. The first-order chi connectivity index (χ1) is 49.7. The number of alkyl halides is 8. The molecule has 581 valence electrons. The van der Waals surface area contributed by atoms with Crippen LogP contribution in [0.15, 0.2) is 123 Å². The molecule has 3 radical (unpaired) electrons. The number of aldehydes is 1. The summed E-state index contributed by atoms with van der Waals surface area (Å²) in [6.45, 7) is 7.21. The molecule has 0 aliphatic heterocycles. The predicted octanol–water partition coefficient (Wildman–Crippen LogP) is 8.49. The van der Waals surface area contributed by atoms with E-state index < -0.39 is 114 Å². The minimum atomic E-state index is -3.15. The van der Waals surface area contributed by atoms with E-state index in [1.807, 2.05) is 106 Å². The number of thiophene rings is 8. The standard InChI is InChI=1S/C15H17F2NO3S2.C15H15F2NO3S2.C14H16F2N2O3S2.C9H6OS2.C6H11F2NO3.C4H6O4.C2H3BO2.Na/c2*1-15(20,14(16)17)12(13(19)21-2)18-8-9-5-6-11(23-9)10-4-3-7-22-10;1-14(20,13(15)16)11(12(19)18-21)17-7-8-4-5-10(23-8)9-3-2-6-22-9;10-5-7-4-9(12-6-7)8-2-1-3-11-8;1-6(11,5(7)8)3(9)4(10)12-2;1-3(5)7-8-4(2)6;1-2(4)5-3;/h3-7,12,14,18,20H,8H2,1-2H3;3-8,12,14,20H,1-2H3;2-6,11,13,17,20-21H,7H2,1H3,(H,18,19);1-6H;3,5,11H,9H2,1-2H3;1-2H3;1H3;/q;;;;;;-1;+1/t2*12-,15+;11-,14+;;3-,6+;;;/m111.1.../s1. The largest absolute Gasteiger partial charge is 1.00 e. The van der Waals surface area contributed by atoms with Crippen LogP contribution < -0.4 is 51.4 Å². The van der Waals surface area contributed by atoms with Gasteiger partial charge in [0.15, 0.2) is 17.9 Å². The van der Waals surface area contributed by atoms with Gasteiger partial charge in [-0.1, -0.05) is 24.3 Å². The van der Waals surface area contributed by atoms with E-state index >= 15 is 0 Å².